The van der Waals surface area contributed by atoms with Crippen LogP contribution in [-0.4, -0.2) is 22.0 Å². The van der Waals surface area contributed by atoms with Crippen LogP contribution in [0.3, 0.4) is 0 Å². The van der Waals surface area contributed by atoms with Crippen molar-refractivity contribution in [1.82, 2.24) is 20.3 Å². The standard InChI is InChI=1S/C11H13BrN4/c1-13-6-10-8-16(15-14-10)7-9-4-2-3-5-11(9)12/h2-5,8,13H,6-7H2,1H3. The van der Waals surface area contributed by atoms with Crippen molar-refractivity contribution in [1.29, 1.82) is 0 Å². The molecule has 2 aromatic rings. The van der Waals surface area contributed by atoms with Crippen molar-refractivity contribution < 1.29 is 0 Å². The van der Waals surface area contributed by atoms with Gasteiger partial charge in [0.1, 0.15) is 0 Å². The maximum absolute atomic E-state index is 4.08. The molecule has 0 spiro atoms. The lowest BCUT2D eigenvalue weighted by Gasteiger charge is -2.02. The zero-order valence-corrected chi connectivity index (χ0v) is 10.6. The first-order chi connectivity index (χ1) is 7.79. The van der Waals surface area contributed by atoms with Crippen LogP contribution < -0.4 is 5.32 Å². The SMILES string of the molecule is CNCc1cn(Cc2ccccc2Br)nn1. The van der Waals surface area contributed by atoms with Gasteiger partial charge in [-0.25, -0.2) is 4.68 Å². The molecule has 1 aromatic carbocycles. The van der Waals surface area contributed by atoms with Gasteiger partial charge in [0.25, 0.3) is 0 Å². The molecule has 5 heteroatoms. The molecular formula is C11H13BrN4. The van der Waals surface area contributed by atoms with E-state index in [0.717, 1.165) is 23.3 Å². The van der Waals surface area contributed by atoms with Gasteiger partial charge in [-0.2, -0.15) is 0 Å². The Balaban J connectivity index is 2.11. The highest BCUT2D eigenvalue weighted by molar-refractivity contribution is 9.10. The van der Waals surface area contributed by atoms with Crippen LogP contribution in [0.2, 0.25) is 0 Å². The fourth-order valence-electron chi connectivity index (χ4n) is 1.48. The zero-order valence-electron chi connectivity index (χ0n) is 9.02. The Bertz CT molecular complexity index is 467. The molecule has 0 atom stereocenters. The predicted molar refractivity (Wildman–Crippen MR) is 66.0 cm³/mol. The second-order valence-electron chi connectivity index (χ2n) is 3.53. The van der Waals surface area contributed by atoms with Crippen molar-refractivity contribution in [3.8, 4) is 0 Å². The number of halogens is 1. The molecule has 2 rings (SSSR count). The smallest absolute Gasteiger partial charge is 0.0964 e. The van der Waals surface area contributed by atoms with Gasteiger partial charge >= 0.3 is 0 Å². The lowest BCUT2D eigenvalue weighted by atomic mass is 10.2. The molecule has 0 saturated heterocycles. The average Bonchev–Trinajstić information content (AvgIpc) is 2.70. The van der Waals surface area contributed by atoms with Crippen LogP contribution in [0.4, 0.5) is 0 Å². The number of rotatable bonds is 4. The van der Waals surface area contributed by atoms with Crippen molar-refractivity contribution in [2.45, 2.75) is 13.1 Å². The molecule has 0 aliphatic heterocycles. The highest BCUT2D eigenvalue weighted by Gasteiger charge is 2.02. The van der Waals surface area contributed by atoms with Crippen molar-refractivity contribution in [2.75, 3.05) is 7.05 Å². The third-order valence-electron chi connectivity index (χ3n) is 2.23. The minimum Gasteiger partial charge on any atom is -0.314 e. The summed E-state index contributed by atoms with van der Waals surface area (Å²) in [5.41, 5.74) is 2.15. The molecule has 0 aliphatic rings. The third-order valence-corrected chi connectivity index (χ3v) is 3.01. The van der Waals surface area contributed by atoms with Crippen molar-refractivity contribution in [2.24, 2.45) is 0 Å². The highest BCUT2D eigenvalue weighted by Crippen LogP contribution is 2.16. The van der Waals surface area contributed by atoms with E-state index in [1.807, 2.05) is 36.1 Å². The number of hydrogen-bond donors (Lipinski definition) is 1. The summed E-state index contributed by atoms with van der Waals surface area (Å²) < 4.78 is 2.94. The van der Waals surface area contributed by atoms with Crippen LogP contribution in [0.25, 0.3) is 0 Å². The van der Waals surface area contributed by atoms with E-state index in [1.165, 1.54) is 5.56 Å². The molecular weight excluding hydrogens is 268 g/mol. The molecule has 1 N–H and O–H groups in total. The Labute approximate surface area is 103 Å². The van der Waals surface area contributed by atoms with Crippen LogP contribution in [0.5, 0.6) is 0 Å². The summed E-state index contributed by atoms with van der Waals surface area (Å²) in [5.74, 6) is 0. The summed E-state index contributed by atoms with van der Waals surface area (Å²) in [4.78, 5) is 0. The largest absolute Gasteiger partial charge is 0.314 e. The van der Waals surface area contributed by atoms with E-state index >= 15 is 0 Å². The molecule has 84 valence electrons. The van der Waals surface area contributed by atoms with Gasteiger partial charge in [-0.05, 0) is 18.7 Å². The van der Waals surface area contributed by atoms with Crippen molar-refractivity contribution in [3.63, 3.8) is 0 Å². The summed E-state index contributed by atoms with van der Waals surface area (Å²) in [7, 11) is 1.90. The molecule has 16 heavy (non-hydrogen) atoms. The van der Waals surface area contributed by atoms with Gasteiger partial charge in [0.2, 0.25) is 0 Å². The Hall–Kier alpha value is -1.20. The minimum absolute atomic E-state index is 0.734. The third kappa shape index (κ3) is 2.68. The minimum atomic E-state index is 0.734. The van der Waals surface area contributed by atoms with E-state index in [9.17, 15) is 0 Å². The van der Waals surface area contributed by atoms with E-state index in [0.29, 0.717) is 0 Å². The first-order valence-electron chi connectivity index (χ1n) is 5.06. The Morgan fingerprint density at radius 1 is 1.38 bits per heavy atom. The highest BCUT2D eigenvalue weighted by atomic mass is 79.9. The van der Waals surface area contributed by atoms with Gasteiger partial charge < -0.3 is 5.32 Å². The molecule has 0 fully saturated rings. The lowest BCUT2D eigenvalue weighted by Crippen LogP contribution is -2.05. The molecule has 0 radical (unpaired) electrons. The molecule has 0 saturated carbocycles. The molecule has 4 nitrogen and oxygen atoms in total. The van der Waals surface area contributed by atoms with E-state index in [2.05, 4.69) is 37.6 Å². The quantitative estimate of drug-likeness (QED) is 0.929. The maximum atomic E-state index is 4.08. The van der Waals surface area contributed by atoms with Gasteiger partial charge in [0, 0.05) is 11.0 Å². The van der Waals surface area contributed by atoms with Gasteiger partial charge in [-0.15, -0.1) is 5.10 Å². The Morgan fingerprint density at radius 2 is 2.19 bits per heavy atom. The van der Waals surface area contributed by atoms with Crippen LogP contribution >= 0.6 is 15.9 Å². The van der Waals surface area contributed by atoms with E-state index in [1.54, 1.807) is 0 Å². The number of hydrogen-bond acceptors (Lipinski definition) is 3. The lowest BCUT2D eigenvalue weighted by molar-refractivity contribution is 0.647. The number of aromatic nitrogens is 3. The number of benzene rings is 1. The Morgan fingerprint density at radius 3 is 2.94 bits per heavy atom. The van der Waals surface area contributed by atoms with Gasteiger partial charge in [-0.3, -0.25) is 0 Å². The fourth-order valence-corrected chi connectivity index (χ4v) is 1.89. The molecule has 0 aliphatic carbocycles. The number of nitrogens with one attached hydrogen (secondary N) is 1. The monoisotopic (exact) mass is 280 g/mol. The predicted octanol–water partition coefficient (Wildman–Crippen LogP) is 1.81. The first kappa shape index (κ1) is 11.3. The molecule has 1 heterocycles. The summed E-state index contributed by atoms with van der Waals surface area (Å²) in [6.07, 6.45) is 1.95. The number of nitrogens with zero attached hydrogens (tertiary/aromatic N) is 3. The van der Waals surface area contributed by atoms with Gasteiger partial charge in [-0.1, -0.05) is 39.3 Å². The molecule has 1 aromatic heterocycles. The van der Waals surface area contributed by atoms with Crippen molar-refractivity contribution >= 4 is 15.9 Å². The van der Waals surface area contributed by atoms with Crippen LogP contribution in [0.1, 0.15) is 11.3 Å². The van der Waals surface area contributed by atoms with Gasteiger partial charge in [0.05, 0.1) is 18.4 Å². The summed E-state index contributed by atoms with van der Waals surface area (Å²) in [6, 6.07) is 8.12. The van der Waals surface area contributed by atoms with Gasteiger partial charge in [0.15, 0.2) is 0 Å². The molecule has 0 unspecified atom stereocenters. The second kappa shape index (κ2) is 5.23. The van der Waals surface area contributed by atoms with Crippen molar-refractivity contribution in [3.05, 3.63) is 46.2 Å². The van der Waals surface area contributed by atoms with Crippen LogP contribution in [0, 0.1) is 0 Å². The normalized spacial score (nSPS) is 10.6. The molecule has 0 bridgehead atoms. The van der Waals surface area contributed by atoms with E-state index in [4.69, 9.17) is 0 Å². The topological polar surface area (TPSA) is 42.7 Å². The zero-order chi connectivity index (χ0) is 11.4. The van der Waals surface area contributed by atoms with Crippen LogP contribution in [0.15, 0.2) is 34.9 Å². The first-order valence-corrected chi connectivity index (χ1v) is 5.86. The fraction of sp³-hybridized carbons (Fsp3) is 0.273. The average molecular weight is 281 g/mol. The molecule has 0 amide bonds. The van der Waals surface area contributed by atoms with E-state index < -0.39 is 0 Å². The van der Waals surface area contributed by atoms with Crippen LogP contribution in [-0.2, 0) is 13.1 Å². The maximum Gasteiger partial charge on any atom is 0.0964 e. The summed E-state index contributed by atoms with van der Waals surface area (Å²) in [5, 5.41) is 11.2. The second-order valence-corrected chi connectivity index (χ2v) is 4.38. The Kier molecular flexibility index (Phi) is 3.69. The van der Waals surface area contributed by atoms with E-state index in [-0.39, 0.29) is 0 Å². The summed E-state index contributed by atoms with van der Waals surface area (Å²) >= 11 is 3.52. The summed E-state index contributed by atoms with van der Waals surface area (Å²) in [6.45, 7) is 1.48.